The van der Waals surface area contributed by atoms with Gasteiger partial charge in [0.15, 0.2) is 6.10 Å². The van der Waals surface area contributed by atoms with E-state index in [1.807, 2.05) is 0 Å². The van der Waals surface area contributed by atoms with Gasteiger partial charge in [-0.2, -0.15) is 0 Å². The Bertz CT molecular complexity index is 1650. The summed E-state index contributed by atoms with van der Waals surface area (Å²) in [5.41, 5.74) is 0. The van der Waals surface area contributed by atoms with Gasteiger partial charge in [0, 0.05) is 19.3 Å². The maximum atomic E-state index is 12.8. The van der Waals surface area contributed by atoms with Gasteiger partial charge in [-0.25, -0.2) is 0 Å². The van der Waals surface area contributed by atoms with Crippen LogP contribution in [0.25, 0.3) is 0 Å². The first-order chi connectivity index (χ1) is 38.0. The second-order valence-corrected chi connectivity index (χ2v) is 20.6. The van der Waals surface area contributed by atoms with E-state index in [0.29, 0.717) is 19.3 Å². The number of rotatable bonds is 56. The monoisotopic (exact) mass is 1060 g/mol. The molecule has 0 N–H and O–H groups in total. The smallest absolute Gasteiger partial charge is 0.306 e. The van der Waals surface area contributed by atoms with Crippen molar-refractivity contribution in [1.82, 2.24) is 0 Å². The topological polar surface area (TPSA) is 78.9 Å². The Morgan fingerprint density at radius 3 is 0.857 bits per heavy atom. The summed E-state index contributed by atoms with van der Waals surface area (Å²) in [5, 5.41) is 0. The highest BCUT2D eigenvalue weighted by Gasteiger charge is 2.19. The summed E-state index contributed by atoms with van der Waals surface area (Å²) in [6, 6.07) is 0. The van der Waals surface area contributed by atoms with E-state index in [0.717, 1.165) is 161 Å². The average Bonchev–Trinajstić information content (AvgIpc) is 3.43. The van der Waals surface area contributed by atoms with Crippen LogP contribution in [0.2, 0.25) is 0 Å². The first-order valence-corrected chi connectivity index (χ1v) is 31.7. The summed E-state index contributed by atoms with van der Waals surface area (Å²) in [5.74, 6) is -0.920. The Morgan fingerprint density at radius 2 is 0.532 bits per heavy atom. The Hall–Kier alpha value is -4.45. The van der Waals surface area contributed by atoms with Crippen LogP contribution < -0.4 is 0 Å². The molecule has 0 saturated carbocycles. The van der Waals surface area contributed by atoms with Gasteiger partial charge in [0.05, 0.1) is 0 Å². The van der Waals surface area contributed by atoms with E-state index in [2.05, 4.69) is 154 Å². The van der Waals surface area contributed by atoms with Crippen molar-refractivity contribution < 1.29 is 28.6 Å². The molecule has 0 radical (unpaired) electrons. The third kappa shape index (κ3) is 62.3. The highest BCUT2D eigenvalue weighted by Crippen LogP contribution is 2.15. The van der Waals surface area contributed by atoms with Crippen LogP contribution in [0.5, 0.6) is 0 Å². The summed E-state index contributed by atoms with van der Waals surface area (Å²) in [4.78, 5) is 38.1. The molecule has 0 aliphatic heterocycles. The summed E-state index contributed by atoms with van der Waals surface area (Å²) in [7, 11) is 0. The first-order valence-electron chi connectivity index (χ1n) is 31.7. The molecule has 0 fully saturated rings. The normalized spacial score (nSPS) is 13.0. The molecule has 6 heteroatoms. The van der Waals surface area contributed by atoms with Gasteiger partial charge in [-0.15, -0.1) is 0 Å². The lowest BCUT2D eigenvalue weighted by Gasteiger charge is -2.18. The largest absolute Gasteiger partial charge is 0.462 e. The number of esters is 3. The number of hydrogen-bond acceptors (Lipinski definition) is 6. The maximum Gasteiger partial charge on any atom is 0.306 e. The molecule has 0 saturated heterocycles. The van der Waals surface area contributed by atoms with Gasteiger partial charge < -0.3 is 14.2 Å². The summed E-state index contributed by atoms with van der Waals surface area (Å²) in [6.45, 7) is 6.40. The number of hydrogen-bond donors (Lipinski definition) is 0. The average molecular weight is 1070 g/mol. The molecule has 0 aromatic carbocycles. The van der Waals surface area contributed by atoms with Crippen LogP contribution in [0.3, 0.4) is 0 Å². The van der Waals surface area contributed by atoms with Crippen molar-refractivity contribution in [1.29, 1.82) is 0 Å². The summed E-state index contributed by atoms with van der Waals surface area (Å²) in [6.07, 6.45) is 90.4. The van der Waals surface area contributed by atoms with Crippen molar-refractivity contribution in [2.24, 2.45) is 0 Å². The summed E-state index contributed by atoms with van der Waals surface area (Å²) < 4.78 is 16.8. The van der Waals surface area contributed by atoms with Crippen LogP contribution >= 0.6 is 0 Å². The van der Waals surface area contributed by atoms with Gasteiger partial charge in [0.1, 0.15) is 13.2 Å². The fraction of sp³-hybridized carbons (Fsp3) is 0.648. The SMILES string of the molecule is CC/C=C\C/C=C\C/C=C\C/C=C\C/C=C\C/C=C\C/C=C\C/C=C\CCCCCCCCCCCCC(=O)OCC(COC(=O)CCCCCCC/C=C\CCCC)OC(=O)CCCCCCC/C=C\C/C=C\CCC. The minimum absolute atomic E-state index is 0.0907. The highest BCUT2D eigenvalue weighted by atomic mass is 16.6. The van der Waals surface area contributed by atoms with Crippen molar-refractivity contribution in [3.05, 3.63) is 134 Å². The van der Waals surface area contributed by atoms with Crippen molar-refractivity contribution >= 4 is 17.9 Å². The van der Waals surface area contributed by atoms with E-state index in [9.17, 15) is 14.4 Å². The molecule has 0 aliphatic rings. The van der Waals surface area contributed by atoms with Crippen LogP contribution in [0.1, 0.15) is 278 Å². The minimum atomic E-state index is -0.793. The van der Waals surface area contributed by atoms with Crippen molar-refractivity contribution in [3.8, 4) is 0 Å². The quantitative estimate of drug-likeness (QED) is 0.0261. The van der Waals surface area contributed by atoms with Crippen molar-refractivity contribution in [2.75, 3.05) is 13.2 Å². The Balaban J connectivity index is 4.17. The van der Waals surface area contributed by atoms with Crippen LogP contribution in [-0.2, 0) is 28.6 Å². The molecule has 1 atom stereocenters. The lowest BCUT2D eigenvalue weighted by Crippen LogP contribution is -2.30. The van der Waals surface area contributed by atoms with E-state index < -0.39 is 6.10 Å². The molecule has 77 heavy (non-hydrogen) atoms. The Labute approximate surface area is 475 Å². The second kappa shape index (κ2) is 64.1. The highest BCUT2D eigenvalue weighted by molar-refractivity contribution is 5.71. The van der Waals surface area contributed by atoms with Gasteiger partial charge >= 0.3 is 17.9 Å². The lowest BCUT2D eigenvalue weighted by molar-refractivity contribution is -0.167. The van der Waals surface area contributed by atoms with Crippen LogP contribution in [-0.4, -0.2) is 37.2 Å². The van der Waals surface area contributed by atoms with Crippen molar-refractivity contribution in [2.45, 2.75) is 284 Å². The zero-order valence-electron chi connectivity index (χ0n) is 49.9. The van der Waals surface area contributed by atoms with E-state index in [1.54, 1.807) is 0 Å². The zero-order valence-corrected chi connectivity index (χ0v) is 49.9. The van der Waals surface area contributed by atoms with Gasteiger partial charge in [-0.1, -0.05) is 264 Å². The lowest BCUT2D eigenvalue weighted by atomic mass is 10.1. The van der Waals surface area contributed by atoms with Crippen LogP contribution in [0, 0.1) is 0 Å². The Morgan fingerprint density at radius 1 is 0.273 bits per heavy atom. The number of ether oxygens (including phenoxy) is 3. The summed E-state index contributed by atoms with van der Waals surface area (Å²) >= 11 is 0. The van der Waals surface area contributed by atoms with E-state index in [1.165, 1.54) is 77.0 Å². The van der Waals surface area contributed by atoms with Gasteiger partial charge in [-0.3, -0.25) is 14.4 Å². The molecule has 0 aromatic heterocycles. The minimum Gasteiger partial charge on any atom is -0.462 e. The second-order valence-electron chi connectivity index (χ2n) is 20.6. The maximum absolute atomic E-state index is 12.8. The number of carbonyl (C=O) groups is 3. The molecule has 6 nitrogen and oxygen atoms in total. The third-order valence-corrected chi connectivity index (χ3v) is 13.1. The molecule has 1 unspecified atom stereocenters. The molecular formula is C71H116O6. The number of allylic oxidation sites excluding steroid dienone is 22. The zero-order chi connectivity index (χ0) is 55.7. The standard InChI is InChI=1S/C71H116O6/c1-4-7-10-13-16-19-22-24-25-26-27-28-29-30-31-32-33-34-35-36-37-38-39-40-41-42-43-44-45-47-49-52-55-58-61-64-70(73)76-67-68(66-75-69(72)63-60-57-54-51-48-21-18-15-12-9-6-3)77-71(74)65-62-59-56-53-50-46-23-20-17-14-11-8-5-2/h7,10-11,14-16,18-20,23-25,27-28,30-31,33-34,36-37,39-40,68H,4-6,8-9,12-13,17,21-22,26,29,32,35,38,41-67H2,1-3H3/b10-7-,14-11-,18-15-,19-16-,23-20-,25-24-,28-27-,31-30-,34-33-,37-36-,40-39-. The van der Waals surface area contributed by atoms with Crippen LogP contribution in [0.15, 0.2) is 134 Å². The first kappa shape index (κ1) is 72.5. The molecule has 0 aliphatic carbocycles. The molecule has 0 rings (SSSR count). The molecule has 436 valence electrons. The van der Waals surface area contributed by atoms with E-state index in [4.69, 9.17) is 14.2 Å². The van der Waals surface area contributed by atoms with Gasteiger partial charge in [0.2, 0.25) is 0 Å². The molecular weight excluding hydrogens is 949 g/mol. The predicted octanol–water partition coefficient (Wildman–Crippen LogP) is 21.8. The fourth-order valence-corrected chi connectivity index (χ4v) is 8.36. The molecule has 0 spiro atoms. The number of carbonyl (C=O) groups excluding carboxylic acids is 3. The fourth-order valence-electron chi connectivity index (χ4n) is 8.36. The predicted molar refractivity (Wildman–Crippen MR) is 334 cm³/mol. The van der Waals surface area contributed by atoms with Gasteiger partial charge in [0.25, 0.3) is 0 Å². The van der Waals surface area contributed by atoms with Crippen LogP contribution in [0.4, 0.5) is 0 Å². The third-order valence-electron chi connectivity index (χ3n) is 13.1. The van der Waals surface area contributed by atoms with E-state index >= 15 is 0 Å². The Kier molecular flexibility index (Phi) is 60.4. The van der Waals surface area contributed by atoms with E-state index in [-0.39, 0.29) is 31.1 Å². The molecule has 0 bridgehead atoms. The molecule has 0 amide bonds. The number of unbranched alkanes of at least 4 members (excludes halogenated alkanes) is 23. The molecule has 0 heterocycles. The molecule has 0 aromatic rings. The van der Waals surface area contributed by atoms with Gasteiger partial charge in [-0.05, 0) is 128 Å². The van der Waals surface area contributed by atoms with Crippen molar-refractivity contribution in [3.63, 3.8) is 0 Å².